The van der Waals surface area contributed by atoms with E-state index in [4.69, 9.17) is 9.47 Å². The Labute approximate surface area is 164 Å². The number of morpholine rings is 1. The summed E-state index contributed by atoms with van der Waals surface area (Å²) in [5, 5.41) is 2.85. The van der Waals surface area contributed by atoms with Crippen LogP contribution >= 0.6 is 11.8 Å². The van der Waals surface area contributed by atoms with E-state index in [9.17, 15) is 4.79 Å². The van der Waals surface area contributed by atoms with Crippen molar-refractivity contribution in [3.8, 4) is 5.75 Å². The van der Waals surface area contributed by atoms with E-state index in [1.54, 1.807) is 13.3 Å². The van der Waals surface area contributed by atoms with Crippen LogP contribution in [0.5, 0.6) is 5.75 Å². The second-order valence-corrected chi connectivity index (χ2v) is 7.65. The lowest BCUT2D eigenvalue weighted by Gasteiger charge is -2.29. The Morgan fingerprint density at radius 3 is 2.74 bits per heavy atom. The molecule has 1 aliphatic rings. The molecule has 6 nitrogen and oxygen atoms in total. The number of rotatable bonds is 7. The minimum absolute atomic E-state index is 0.00704. The highest BCUT2D eigenvalue weighted by Crippen LogP contribution is 2.25. The summed E-state index contributed by atoms with van der Waals surface area (Å²) in [6.45, 7) is 5.43. The number of amides is 1. The van der Waals surface area contributed by atoms with Crippen molar-refractivity contribution in [3.05, 3.63) is 48.2 Å². The molecule has 1 aromatic heterocycles. The Bertz CT molecular complexity index is 748. The summed E-state index contributed by atoms with van der Waals surface area (Å²) in [5.74, 6) is 1.74. The quantitative estimate of drug-likeness (QED) is 0.737. The molecular formula is C20H25N3O3S. The Morgan fingerprint density at radius 1 is 1.30 bits per heavy atom. The molecule has 1 amide bonds. The van der Waals surface area contributed by atoms with Crippen LogP contribution in [0.4, 0.5) is 5.82 Å². The van der Waals surface area contributed by atoms with Crippen LogP contribution in [0.3, 0.4) is 0 Å². The van der Waals surface area contributed by atoms with E-state index in [2.05, 4.69) is 15.2 Å². The number of carbonyl (C=O) groups is 1. The molecule has 1 N–H and O–H groups in total. The zero-order valence-corrected chi connectivity index (χ0v) is 16.5. The molecule has 1 atom stereocenters. The fraction of sp³-hybridized carbons (Fsp3) is 0.400. The minimum atomic E-state index is -0.193. The Kier molecular flexibility index (Phi) is 6.95. The van der Waals surface area contributed by atoms with Crippen molar-refractivity contribution in [1.82, 2.24) is 10.3 Å². The average molecular weight is 388 g/mol. The summed E-state index contributed by atoms with van der Waals surface area (Å²) in [4.78, 5) is 20.3. The van der Waals surface area contributed by atoms with E-state index in [-0.39, 0.29) is 11.2 Å². The number of nitrogens with one attached hydrogen (secondary N) is 1. The summed E-state index contributed by atoms with van der Waals surface area (Å²) in [6, 6.07) is 11.6. The van der Waals surface area contributed by atoms with E-state index in [1.165, 1.54) is 11.8 Å². The molecule has 1 aromatic carbocycles. The van der Waals surface area contributed by atoms with Crippen molar-refractivity contribution in [1.29, 1.82) is 0 Å². The van der Waals surface area contributed by atoms with Crippen molar-refractivity contribution >= 4 is 23.5 Å². The Hall–Kier alpha value is -2.25. The lowest BCUT2D eigenvalue weighted by Crippen LogP contribution is -2.38. The highest BCUT2D eigenvalue weighted by atomic mass is 32.2. The number of nitrogens with zero attached hydrogens (tertiary/aromatic N) is 2. The number of carbonyl (C=O) groups excluding carboxylic acids is 1. The van der Waals surface area contributed by atoms with Gasteiger partial charge in [-0.1, -0.05) is 6.07 Å². The summed E-state index contributed by atoms with van der Waals surface area (Å²) >= 11 is 1.53. The molecule has 2 aromatic rings. The topological polar surface area (TPSA) is 63.7 Å². The largest absolute Gasteiger partial charge is 0.497 e. The molecule has 3 rings (SSSR count). The minimum Gasteiger partial charge on any atom is -0.497 e. The molecule has 1 saturated heterocycles. The first-order valence-electron chi connectivity index (χ1n) is 9.02. The van der Waals surface area contributed by atoms with E-state index in [0.29, 0.717) is 19.8 Å². The number of ether oxygens (including phenoxy) is 2. The highest BCUT2D eigenvalue weighted by Gasteiger charge is 2.18. The molecule has 1 aliphatic heterocycles. The predicted molar refractivity (Wildman–Crippen MR) is 107 cm³/mol. The normalized spacial score (nSPS) is 15.3. The van der Waals surface area contributed by atoms with Gasteiger partial charge in [0.05, 0.1) is 25.6 Å². The molecule has 0 unspecified atom stereocenters. The van der Waals surface area contributed by atoms with Crippen molar-refractivity contribution < 1.29 is 14.3 Å². The van der Waals surface area contributed by atoms with Crippen LogP contribution in [-0.4, -0.2) is 49.6 Å². The van der Waals surface area contributed by atoms with Gasteiger partial charge in [-0.15, -0.1) is 11.8 Å². The summed E-state index contributed by atoms with van der Waals surface area (Å²) in [7, 11) is 1.64. The van der Waals surface area contributed by atoms with Gasteiger partial charge in [0.25, 0.3) is 0 Å². The van der Waals surface area contributed by atoms with Gasteiger partial charge in [-0.2, -0.15) is 0 Å². The zero-order valence-electron chi connectivity index (χ0n) is 15.7. The van der Waals surface area contributed by atoms with E-state index >= 15 is 0 Å². The third-order valence-corrected chi connectivity index (χ3v) is 5.48. The first-order valence-corrected chi connectivity index (χ1v) is 9.90. The molecule has 0 spiro atoms. The SMILES string of the molecule is COc1ccc(S[C@H](C)C(=O)NCc2cccnc2N2CCOCC2)cc1. The number of methoxy groups -OCH3 is 1. The number of anilines is 1. The lowest BCUT2D eigenvalue weighted by molar-refractivity contribution is -0.120. The third kappa shape index (κ3) is 5.37. The molecule has 0 radical (unpaired) electrons. The van der Waals surface area contributed by atoms with Crippen molar-refractivity contribution in [3.63, 3.8) is 0 Å². The molecule has 1 fully saturated rings. The number of hydrogen-bond donors (Lipinski definition) is 1. The van der Waals surface area contributed by atoms with Gasteiger partial charge in [-0.05, 0) is 37.3 Å². The van der Waals surface area contributed by atoms with Gasteiger partial charge < -0.3 is 19.7 Å². The third-order valence-electron chi connectivity index (χ3n) is 4.37. The second-order valence-electron chi connectivity index (χ2n) is 6.24. The molecule has 2 heterocycles. The smallest absolute Gasteiger partial charge is 0.233 e. The van der Waals surface area contributed by atoms with Gasteiger partial charge in [-0.25, -0.2) is 4.98 Å². The first-order chi connectivity index (χ1) is 13.2. The number of hydrogen-bond acceptors (Lipinski definition) is 6. The van der Waals surface area contributed by atoms with Gasteiger partial charge >= 0.3 is 0 Å². The molecular weight excluding hydrogens is 362 g/mol. The van der Waals surface area contributed by atoms with Crippen LogP contribution in [0.1, 0.15) is 12.5 Å². The van der Waals surface area contributed by atoms with Crippen molar-refractivity contribution in [2.45, 2.75) is 23.6 Å². The molecule has 0 bridgehead atoms. The van der Waals surface area contributed by atoms with Crippen LogP contribution in [0.2, 0.25) is 0 Å². The van der Waals surface area contributed by atoms with Crippen LogP contribution in [0, 0.1) is 0 Å². The zero-order chi connectivity index (χ0) is 19.1. The van der Waals surface area contributed by atoms with Gasteiger partial charge in [-0.3, -0.25) is 4.79 Å². The fourth-order valence-electron chi connectivity index (χ4n) is 2.87. The van der Waals surface area contributed by atoms with Crippen LogP contribution in [0.25, 0.3) is 0 Å². The molecule has 144 valence electrons. The predicted octanol–water partition coefficient (Wildman–Crippen LogP) is 2.72. The van der Waals surface area contributed by atoms with Gasteiger partial charge in [0.1, 0.15) is 11.6 Å². The monoisotopic (exact) mass is 387 g/mol. The molecule has 27 heavy (non-hydrogen) atoms. The molecule has 0 saturated carbocycles. The number of aromatic nitrogens is 1. The summed E-state index contributed by atoms with van der Waals surface area (Å²) in [5.41, 5.74) is 1.02. The van der Waals surface area contributed by atoms with E-state index < -0.39 is 0 Å². The van der Waals surface area contributed by atoms with Crippen LogP contribution < -0.4 is 15.0 Å². The van der Waals surface area contributed by atoms with Crippen molar-refractivity contribution in [2.24, 2.45) is 0 Å². The highest BCUT2D eigenvalue weighted by molar-refractivity contribution is 8.00. The Morgan fingerprint density at radius 2 is 2.04 bits per heavy atom. The number of thioether (sulfide) groups is 1. The maximum Gasteiger partial charge on any atom is 0.233 e. The summed E-state index contributed by atoms with van der Waals surface area (Å²) < 4.78 is 10.6. The maximum absolute atomic E-state index is 12.5. The van der Waals surface area contributed by atoms with E-state index in [0.717, 1.165) is 35.1 Å². The van der Waals surface area contributed by atoms with Gasteiger partial charge in [0.15, 0.2) is 0 Å². The standard InChI is InChI=1S/C20H25N3O3S/c1-15(27-18-7-5-17(25-2)6-8-18)20(24)22-14-16-4-3-9-21-19(16)23-10-12-26-13-11-23/h3-9,15H,10-14H2,1-2H3,(H,22,24)/t15-/m1/s1. The number of benzene rings is 1. The van der Waals surface area contributed by atoms with E-state index in [1.807, 2.05) is 43.3 Å². The summed E-state index contributed by atoms with van der Waals surface area (Å²) in [6.07, 6.45) is 1.79. The van der Waals surface area contributed by atoms with Crippen molar-refractivity contribution in [2.75, 3.05) is 38.3 Å². The second kappa shape index (κ2) is 9.62. The fourth-order valence-corrected chi connectivity index (χ4v) is 3.76. The Balaban J connectivity index is 1.56. The van der Waals surface area contributed by atoms with Gasteiger partial charge in [0.2, 0.25) is 5.91 Å². The van der Waals surface area contributed by atoms with Crippen LogP contribution in [-0.2, 0) is 16.1 Å². The van der Waals surface area contributed by atoms with Crippen LogP contribution in [0.15, 0.2) is 47.5 Å². The number of pyridine rings is 1. The molecule has 7 heteroatoms. The lowest BCUT2D eigenvalue weighted by atomic mass is 10.2. The maximum atomic E-state index is 12.5. The average Bonchev–Trinajstić information content (AvgIpc) is 2.73. The van der Waals surface area contributed by atoms with Gasteiger partial charge in [0, 0.05) is 36.3 Å². The molecule has 0 aliphatic carbocycles. The first kappa shape index (κ1) is 19.5.